The molecular formula is C20H24N2O2. The van der Waals surface area contributed by atoms with Crippen LogP contribution in [0.3, 0.4) is 0 Å². The Labute approximate surface area is 143 Å². The molecular weight excluding hydrogens is 300 g/mol. The van der Waals surface area contributed by atoms with Crippen molar-refractivity contribution >= 4 is 11.6 Å². The Kier molecular flexibility index (Phi) is 7.18. The number of nitrogens with one attached hydrogen (secondary N) is 1. The average molecular weight is 324 g/mol. The highest BCUT2D eigenvalue weighted by Gasteiger charge is 2.17. The molecule has 2 aromatic carbocycles. The number of carbonyl (C=O) groups is 1. The van der Waals surface area contributed by atoms with E-state index in [2.05, 4.69) is 17.5 Å². The first-order chi connectivity index (χ1) is 11.7. The van der Waals surface area contributed by atoms with Crippen LogP contribution in [0.4, 0.5) is 0 Å². The Morgan fingerprint density at radius 2 is 1.67 bits per heavy atom. The van der Waals surface area contributed by atoms with E-state index in [9.17, 15) is 9.90 Å². The van der Waals surface area contributed by atoms with Crippen molar-refractivity contribution in [3.63, 3.8) is 0 Å². The van der Waals surface area contributed by atoms with Crippen LogP contribution in [0.1, 0.15) is 49.8 Å². The quantitative estimate of drug-likeness (QED) is 0.440. The van der Waals surface area contributed by atoms with Crippen molar-refractivity contribution in [2.75, 3.05) is 0 Å². The normalized spacial score (nSPS) is 12.7. The van der Waals surface area contributed by atoms with Crippen molar-refractivity contribution in [2.45, 2.75) is 38.7 Å². The molecule has 0 aliphatic rings. The van der Waals surface area contributed by atoms with E-state index in [1.165, 1.54) is 0 Å². The molecule has 0 aliphatic carbocycles. The van der Waals surface area contributed by atoms with Crippen molar-refractivity contribution in [1.82, 2.24) is 5.43 Å². The second kappa shape index (κ2) is 9.63. The molecule has 0 bridgehead atoms. The number of hydrogen-bond donors (Lipinski definition) is 2. The van der Waals surface area contributed by atoms with Gasteiger partial charge in [0.2, 0.25) is 5.91 Å². The van der Waals surface area contributed by atoms with Crippen molar-refractivity contribution in [3.8, 4) is 0 Å². The maximum atomic E-state index is 11.9. The number of unbranched alkanes of at least 4 members (excludes halogenated alkanes) is 2. The van der Waals surface area contributed by atoms with Gasteiger partial charge in [0.1, 0.15) is 11.8 Å². The monoisotopic (exact) mass is 324 g/mol. The second-order valence-electron chi connectivity index (χ2n) is 5.67. The fraction of sp³-hybridized carbons (Fsp3) is 0.300. The Morgan fingerprint density at radius 1 is 1.04 bits per heavy atom. The number of hydrazone groups is 1. The van der Waals surface area contributed by atoms with Gasteiger partial charge in [-0.2, -0.15) is 5.10 Å². The first-order valence-electron chi connectivity index (χ1n) is 8.37. The van der Waals surface area contributed by atoms with E-state index in [-0.39, 0.29) is 5.91 Å². The van der Waals surface area contributed by atoms with Gasteiger partial charge in [-0.3, -0.25) is 4.79 Å². The highest BCUT2D eigenvalue weighted by molar-refractivity contribution is 6.04. The molecule has 4 nitrogen and oxygen atoms in total. The molecule has 24 heavy (non-hydrogen) atoms. The smallest absolute Gasteiger partial charge is 0.240 e. The Balaban J connectivity index is 2.17. The molecule has 0 spiro atoms. The molecule has 1 atom stereocenters. The molecule has 0 saturated heterocycles. The number of carbonyl (C=O) groups excluding carboxylic acids is 1. The van der Waals surface area contributed by atoms with E-state index in [4.69, 9.17) is 0 Å². The lowest BCUT2D eigenvalue weighted by Gasteiger charge is -2.15. The van der Waals surface area contributed by atoms with Gasteiger partial charge in [0.05, 0.1) is 0 Å². The molecule has 0 aliphatic heterocycles. The zero-order valence-corrected chi connectivity index (χ0v) is 14.0. The third-order valence-electron chi connectivity index (χ3n) is 3.75. The van der Waals surface area contributed by atoms with Crippen LogP contribution in [0.2, 0.25) is 0 Å². The molecule has 0 fully saturated rings. The van der Waals surface area contributed by atoms with Crippen molar-refractivity contribution in [1.29, 1.82) is 0 Å². The van der Waals surface area contributed by atoms with Crippen molar-refractivity contribution in [2.24, 2.45) is 5.10 Å². The number of rotatable bonds is 8. The van der Waals surface area contributed by atoms with E-state index in [0.29, 0.717) is 12.1 Å². The second-order valence-corrected chi connectivity index (χ2v) is 5.67. The number of amides is 1. The maximum absolute atomic E-state index is 11.9. The van der Waals surface area contributed by atoms with Crippen LogP contribution in [0.15, 0.2) is 65.8 Å². The predicted molar refractivity (Wildman–Crippen MR) is 96.7 cm³/mol. The van der Waals surface area contributed by atoms with E-state index >= 15 is 0 Å². The van der Waals surface area contributed by atoms with Gasteiger partial charge in [-0.1, -0.05) is 80.4 Å². The van der Waals surface area contributed by atoms with Gasteiger partial charge in [0, 0.05) is 12.0 Å². The van der Waals surface area contributed by atoms with Crippen LogP contribution in [-0.4, -0.2) is 16.7 Å². The lowest BCUT2D eigenvalue weighted by atomic mass is 9.99. The fourth-order valence-corrected chi connectivity index (χ4v) is 2.40. The summed E-state index contributed by atoms with van der Waals surface area (Å²) in [5.41, 5.74) is 4.53. The molecule has 2 aromatic rings. The number of benzene rings is 2. The third kappa shape index (κ3) is 5.32. The molecule has 0 saturated carbocycles. The largest absolute Gasteiger partial charge is 0.382 e. The summed E-state index contributed by atoms with van der Waals surface area (Å²) in [4.78, 5) is 11.9. The van der Waals surface area contributed by atoms with E-state index in [1.807, 2.05) is 60.7 Å². The van der Waals surface area contributed by atoms with Gasteiger partial charge >= 0.3 is 0 Å². The molecule has 4 heteroatoms. The summed E-state index contributed by atoms with van der Waals surface area (Å²) >= 11 is 0. The van der Waals surface area contributed by atoms with Crippen LogP contribution in [0.5, 0.6) is 0 Å². The molecule has 0 radical (unpaired) electrons. The standard InChI is InChI=1S/C20H24N2O2/c1-2-3-6-15-18(23)21-22-19(16-11-7-4-8-12-16)20(24)17-13-9-5-10-14-17/h4-5,7-14,20,24H,2-3,6,15H2,1H3,(H,21,23)/b22-19-. The summed E-state index contributed by atoms with van der Waals surface area (Å²) in [6, 6.07) is 18.7. The minimum absolute atomic E-state index is 0.128. The summed E-state index contributed by atoms with van der Waals surface area (Å²) in [6.45, 7) is 2.10. The van der Waals surface area contributed by atoms with Crippen LogP contribution >= 0.6 is 0 Å². The lowest BCUT2D eigenvalue weighted by molar-refractivity contribution is -0.121. The topological polar surface area (TPSA) is 61.7 Å². The third-order valence-corrected chi connectivity index (χ3v) is 3.75. The average Bonchev–Trinajstić information content (AvgIpc) is 2.63. The summed E-state index contributed by atoms with van der Waals surface area (Å²) in [5, 5.41) is 14.9. The fourth-order valence-electron chi connectivity index (χ4n) is 2.40. The van der Waals surface area contributed by atoms with Gasteiger partial charge in [-0.05, 0) is 12.0 Å². The molecule has 0 heterocycles. The summed E-state index contributed by atoms with van der Waals surface area (Å²) in [5.74, 6) is -0.128. The highest BCUT2D eigenvalue weighted by atomic mass is 16.3. The Morgan fingerprint density at radius 3 is 2.29 bits per heavy atom. The number of nitrogens with zero attached hydrogens (tertiary/aromatic N) is 1. The zero-order valence-electron chi connectivity index (χ0n) is 14.0. The summed E-state index contributed by atoms with van der Waals surface area (Å²) < 4.78 is 0. The molecule has 126 valence electrons. The van der Waals surface area contributed by atoms with Crippen LogP contribution < -0.4 is 5.43 Å². The first kappa shape index (κ1) is 17.9. The van der Waals surface area contributed by atoms with Crippen molar-refractivity contribution in [3.05, 3.63) is 71.8 Å². The van der Waals surface area contributed by atoms with Gasteiger partial charge in [-0.25, -0.2) is 5.43 Å². The van der Waals surface area contributed by atoms with Gasteiger partial charge in [0.15, 0.2) is 0 Å². The minimum Gasteiger partial charge on any atom is -0.382 e. The van der Waals surface area contributed by atoms with Crippen LogP contribution in [0.25, 0.3) is 0 Å². The van der Waals surface area contributed by atoms with Gasteiger partial charge in [-0.15, -0.1) is 0 Å². The van der Waals surface area contributed by atoms with E-state index in [1.54, 1.807) is 0 Å². The van der Waals surface area contributed by atoms with Crippen molar-refractivity contribution < 1.29 is 9.90 Å². The van der Waals surface area contributed by atoms with Gasteiger partial charge in [0.25, 0.3) is 0 Å². The van der Waals surface area contributed by atoms with Gasteiger partial charge < -0.3 is 5.11 Å². The predicted octanol–water partition coefficient (Wildman–Crippen LogP) is 3.82. The Bertz CT molecular complexity index is 654. The highest BCUT2D eigenvalue weighted by Crippen LogP contribution is 2.19. The summed E-state index contributed by atoms with van der Waals surface area (Å²) in [7, 11) is 0. The van der Waals surface area contributed by atoms with E-state index < -0.39 is 6.10 Å². The molecule has 2 N–H and O–H groups in total. The Hall–Kier alpha value is -2.46. The molecule has 1 amide bonds. The maximum Gasteiger partial charge on any atom is 0.240 e. The lowest BCUT2D eigenvalue weighted by Crippen LogP contribution is -2.23. The summed E-state index contributed by atoms with van der Waals surface area (Å²) in [6.07, 6.45) is 2.48. The SMILES string of the molecule is CCCCCC(=O)N/N=C(/c1ccccc1)C(O)c1ccccc1. The molecule has 0 aromatic heterocycles. The number of hydrogen-bond acceptors (Lipinski definition) is 3. The van der Waals surface area contributed by atoms with Crippen LogP contribution in [0, 0.1) is 0 Å². The number of aliphatic hydroxyl groups excluding tert-OH is 1. The first-order valence-corrected chi connectivity index (χ1v) is 8.37. The molecule has 2 rings (SSSR count). The zero-order chi connectivity index (χ0) is 17.2. The molecule has 1 unspecified atom stereocenters. The van der Waals surface area contributed by atoms with Crippen LogP contribution in [-0.2, 0) is 4.79 Å². The number of aliphatic hydroxyl groups is 1. The minimum atomic E-state index is -0.899. The van der Waals surface area contributed by atoms with E-state index in [0.717, 1.165) is 30.4 Å².